The summed E-state index contributed by atoms with van der Waals surface area (Å²) in [7, 11) is 0. The molecule has 0 saturated heterocycles. The Balaban J connectivity index is 1.77. The fraction of sp³-hybridized carbons (Fsp3) is 0.118. The first-order valence-electron chi connectivity index (χ1n) is 6.35. The number of allylic oxidation sites excluding steroid dienone is 8. The van der Waals surface area contributed by atoms with Crippen molar-refractivity contribution in [1.82, 2.24) is 4.98 Å². The van der Waals surface area contributed by atoms with Crippen molar-refractivity contribution in [3.8, 4) is 0 Å². The van der Waals surface area contributed by atoms with E-state index in [0.717, 1.165) is 23.1 Å². The van der Waals surface area contributed by atoms with Gasteiger partial charge < -0.3 is 4.42 Å². The van der Waals surface area contributed by atoms with E-state index in [-0.39, 0.29) is 0 Å². The molecule has 1 aromatic carbocycles. The predicted octanol–water partition coefficient (Wildman–Crippen LogP) is 3.88. The predicted molar refractivity (Wildman–Crippen MR) is 74.1 cm³/mol. The van der Waals surface area contributed by atoms with E-state index in [0.29, 0.717) is 11.8 Å². The molecule has 0 saturated carbocycles. The first-order chi connectivity index (χ1) is 9.40. The topological polar surface area (TPSA) is 26.0 Å². The summed E-state index contributed by atoms with van der Waals surface area (Å²) in [6.45, 7) is 0. The largest absolute Gasteiger partial charge is 0.435 e. The van der Waals surface area contributed by atoms with Crippen LogP contribution in [-0.2, 0) is 0 Å². The Bertz CT molecular complexity index is 725. The monoisotopic (exact) mass is 245 g/mol. The highest BCUT2D eigenvalue weighted by molar-refractivity contribution is 5.79. The first-order valence-corrected chi connectivity index (χ1v) is 6.35. The minimum atomic E-state index is 0.500. The summed E-state index contributed by atoms with van der Waals surface area (Å²) in [4.78, 5) is 4.50. The van der Waals surface area contributed by atoms with Crippen molar-refractivity contribution < 1.29 is 4.42 Å². The summed E-state index contributed by atoms with van der Waals surface area (Å²) in [5.41, 5.74) is 3.96. The van der Waals surface area contributed by atoms with E-state index in [4.69, 9.17) is 4.42 Å². The van der Waals surface area contributed by atoms with Crippen molar-refractivity contribution in [2.24, 2.45) is 5.92 Å². The highest BCUT2D eigenvalue weighted by Crippen LogP contribution is 2.33. The van der Waals surface area contributed by atoms with Crippen LogP contribution >= 0.6 is 0 Å². The van der Waals surface area contributed by atoms with Crippen LogP contribution in [0.5, 0.6) is 0 Å². The van der Waals surface area contributed by atoms with Crippen LogP contribution in [0.25, 0.3) is 16.7 Å². The highest BCUT2D eigenvalue weighted by Gasteiger charge is 2.18. The van der Waals surface area contributed by atoms with E-state index in [9.17, 15) is 0 Å². The summed E-state index contributed by atoms with van der Waals surface area (Å²) in [6, 6.07) is 9.35. The van der Waals surface area contributed by atoms with Crippen molar-refractivity contribution in [3.05, 3.63) is 72.2 Å². The fourth-order valence-corrected chi connectivity index (χ4v) is 2.50. The Morgan fingerprint density at radius 3 is 3.11 bits per heavy atom. The van der Waals surface area contributed by atoms with Gasteiger partial charge in [-0.1, -0.05) is 42.5 Å². The Hall–Kier alpha value is -2.53. The van der Waals surface area contributed by atoms with E-state index in [1.54, 1.807) is 12.1 Å². The first kappa shape index (κ1) is 10.4. The van der Waals surface area contributed by atoms with Crippen LogP contribution in [0.3, 0.4) is 0 Å². The van der Waals surface area contributed by atoms with Gasteiger partial charge in [-0.15, -0.1) is 0 Å². The summed E-state index contributed by atoms with van der Waals surface area (Å²) < 4.78 is 5.77. The Kier molecular flexibility index (Phi) is 2.19. The maximum absolute atomic E-state index is 5.77. The van der Waals surface area contributed by atoms with E-state index in [2.05, 4.69) is 53.6 Å². The van der Waals surface area contributed by atoms with Gasteiger partial charge >= 0.3 is 0 Å². The molecule has 1 heterocycles. The van der Waals surface area contributed by atoms with Gasteiger partial charge in [0.25, 0.3) is 0 Å². The van der Waals surface area contributed by atoms with Gasteiger partial charge in [0.05, 0.1) is 0 Å². The van der Waals surface area contributed by atoms with Crippen LogP contribution in [0.2, 0.25) is 0 Å². The number of aromatic nitrogens is 1. The van der Waals surface area contributed by atoms with Crippen molar-refractivity contribution >= 4 is 16.7 Å². The molecule has 2 heteroatoms. The number of hydrogen-bond acceptors (Lipinski definition) is 2. The second-order valence-electron chi connectivity index (χ2n) is 4.74. The molecule has 0 fully saturated rings. The third-order valence-corrected chi connectivity index (χ3v) is 3.51. The smallest absolute Gasteiger partial charge is 0.227 e. The van der Waals surface area contributed by atoms with Crippen molar-refractivity contribution in [2.75, 3.05) is 0 Å². The SMILES string of the molecule is c1cc2nc(C3=CCC4C=CC=CC4=C3)oc2cc#1. The zero-order valence-electron chi connectivity index (χ0n) is 10.3. The van der Waals surface area contributed by atoms with Gasteiger partial charge in [0, 0.05) is 23.6 Å². The van der Waals surface area contributed by atoms with Crippen LogP contribution in [0.15, 0.2) is 58.6 Å². The molecule has 2 nitrogen and oxygen atoms in total. The molecule has 2 aliphatic carbocycles. The molecule has 2 aromatic rings. The average molecular weight is 245 g/mol. The molecule has 1 atom stereocenters. The van der Waals surface area contributed by atoms with Crippen LogP contribution in [0.1, 0.15) is 12.3 Å². The molecule has 0 spiro atoms. The summed E-state index contributed by atoms with van der Waals surface area (Å²) in [5, 5.41) is 0. The standard InChI is InChI=1S/C17H11NO/c1-2-6-13-11-14(10-9-12(13)5-1)17-18-15-7-3-4-8-16(15)19-17/h1-2,5-8,10-12H,9H2. The molecular weight excluding hydrogens is 234 g/mol. The molecule has 0 radical (unpaired) electrons. The highest BCUT2D eigenvalue weighted by atomic mass is 16.3. The minimum Gasteiger partial charge on any atom is -0.435 e. The molecule has 0 amide bonds. The lowest BCUT2D eigenvalue weighted by atomic mass is 9.86. The fourth-order valence-electron chi connectivity index (χ4n) is 2.50. The van der Waals surface area contributed by atoms with E-state index >= 15 is 0 Å². The van der Waals surface area contributed by atoms with E-state index in [1.165, 1.54) is 5.57 Å². The van der Waals surface area contributed by atoms with Gasteiger partial charge in [-0.05, 0) is 18.1 Å². The molecule has 0 bridgehead atoms. The Morgan fingerprint density at radius 1 is 1.21 bits per heavy atom. The van der Waals surface area contributed by atoms with Crippen LogP contribution in [0, 0.1) is 18.1 Å². The maximum atomic E-state index is 5.77. The average Bonchev–Trinajstić information content (AvgIpc) is 2.90. The van der Waals surface area contributed by atoms with E-state index < -0.39 is 0 Å². The molecule has 0 aliphatic heterocycles. The van der Waals surface area contributed by atoms with Crippen LogP contribution in [-0.4, -0.2) is 4.98 Å². The molecule has 2 aliphatic rings. The normalized spacial score (nSPS) is 20.7. The molecule has 4 rings (SSSR count). The second-order valence-corrected chi connectivity index (χ2v) is 4.74. The summed E-state index contributed by atoms with van der Waals surface area (Å²) in [6.07, 6.45) is 13.9. The lowest BCUT2D eigenvalue weighted by Gasteiger charge is -2.19. The van der Waals surface area contributed by atoms with Crippen molar-refractivity contribution in [2.45, 2.75) is 6.42 Å². The van der Waals surface area contributed by atoms with Crippen LogP contribution < -0.4 is 0 Å². The molecule has 1 unspecified atom stereocenters. The van der Waals surface area contributed by atoms with Gasteiger partial charge in [-0.2, -0.15) is 0 Å². The number of hydrogen-bond donors (Lipinski definition) is 0. The third-order valence-electron chi connectivity index (χ3n) is 3.51. The second kappa shape index (κ2) is 4.00. The van der Waals surface area contributed by atoms with Crippen molar-refractivity contribution in [3.63, 3.8) is 0 Å². The third kappa shape index (κ3) is 1.71. The Morgan fingerprint density at radius 2 is 2.16 bits per heavy atom. The molecule has 19 heavy (non-hydrogen) atoms. The van der Waals surface area contributed by atoms with Gasteiger partial charge in [-0.25, -0.2) is 4.98 Å². The maximum Gasteiger partial charge on any atom is 0.227 e. The van der Waals surface area contributed by atoms with E-state index in [1.807, 2.05) is 0 Å². The van der Waals surface area contributed by atoms with Crippen molar-refractivity contribution in [1.29, 1.82) is 0 Å². The van der Waals surface area contributed by atoms with Gasteiger partial charge in [0.1, 0.15) is 5.52 Å². The van der Waals surface area contributed by atoms with Gasteiger partial charge in [-0.3, -0.25) is 0 Å². The summed E-state index contributed by atoms with van der Waals surface area (Å²) >= 11 is 0. The Labute approximate surface area is 111 Å². The number of fused-ring (bicyclic) bond motifs is 2. The minimum absolute atomic E-state index is 0.500. The zero-order chi connectivity index (χ0) is 12.7. The molecule has 90 valence electrons. The number of rotatable bonds is 1. The number of nitrogens with zero attached hydrogens (tertiary/aromatic N) is 1. The zero-order valence-corrected chi connectivity index (χ0v) is 10.3. The molecule has 1 aromatic heterocycles. The lowest BCUT2D eigenvalue weighted by molar-refractivity contribution is 0.584. The summed E-state index contributed by atoms with van der Waals surface area (Å²) in [5.74, 6) is 1.18. The molecule has 0 N–H and O–H groups in total. The van der Waals surface area contributed by atoms with Gasteiger partial charge in [0.2, 0.25) is 5.89 Å². The number of oxazole rings is 1. The molecular formula is C17H11NO. The lowest BCUT2D eigenvalue weighted by Crippen LogP contribution is -2.05. The van der Waals surface area contributed by atoms with Crippen LogP contribution in [0.4, 0.5) is 0 Å². The quantitative estimate of drug-likeness (QED) is 0.762. The van der Waals surface area contributed by atoms with Gasteiger partial charge in [0.15, 0.2) is 5.58 Å².